The van der Waals surface area contributed by atoms with Crippen molar-refractivity contribution in [2.45, 2.75) is 19.0 Å². The van der Waals surface area contributed by atoms with Crippen LogP contribution in [0.3, 0.4) is 0 Å². The van der Waals surface area contributed by atoms with Crippen LogP contribution >= 0.6 is 0 Å². The zero-order valence-electron chi connectivity index (χ0n) is 10.9. The van der Waals surface area contributed by atoms with Gasteiger partial charge in [-0.2, -0.15) is 0 Å². The highest BCUT2D eigenvalue weighted by Crippen LogP contribution is 2.01. The molecule has 0 aromatic heterocycles. The second-order valence-electron chi connectivity index (χ2n) is 4.01. The molecule has 0 radical (unpaired) electrons. The van der Waals surface area contributed by atoms with E-state index in [0.29, 0.717) is 5.56 Å². The Hall–Kier alpha value is -1.88. The molecular weight excluding hydrogens is 230 g/mol. The van der Waals surface area contributed by atoms with Crippen LogP contribution in [0.5, 0.6) is 0 Å². The van der Waals surface area contributed by atoms with Crippen LogP contribution in [-0.4, -0.2) is 38.0 Å². The summed E-state index contributed by atoms with van der Waals surface area (Å²) in [5.41, 5.74) is 0.537. The van der Waals surface area contributed by atoms with Crippen molar-refractivity contribution in [3.05, 3.63) is 35.9 Å². The minimum absolute atomic E-state index is 0.155. The molecule has 1 aromatic carbocycles. The summed E-state index contributed by atoms with van der Waals surface area (Å²) in [6, 6.07) is 8.06. The van der Waals surface area contributed by atoms with Gasteiger partial charge in [0.05, 0.1) is 0 Å². The van der Waals surface area contributed by atoms with Crippen molar-refractivity contribution in [1.82, 2.24) is 16.0 Å². The van der Waals surface area contributed by atoms with E-state index in [9.17, 15) is 9.59 Å². The molecule has 98 valence electrons. The second kappa shape index (κ2) is 6.76. The number of hydrogen-bond donors (Lipinski definition) is 3. The highest BCUT2D eigenvalue weighted by molar-refractivity contribution is 5.97. The Morgan fingerprint density at radius 2 is 1.72 bits per heavy atom. The standard InChI is InChI=1S/C13H19N3O2/c1-9(14-2)11(13(18)15-3)16-12(17)10-7-5-4-6-8-10/h4-9,11,14H,1-3H3,(H,15,18)(H,16,17). The van der Waals surface area contributed by atoms with Gasteiger partial charge in [-0.05, 0) is 26.1 Å². The van der Waals surface area contributed by atoms with Crippen LogP contribution in [-0.2, 0) is 4.79 Å². The van der Waals surface area contributed by atoms with E-state index in [4.69, 9.17) is 0 Å². The summed E-state index contributed by atoms with van der Waals surface area (Å²) in [6.45, 7) is 1.84. The van der Waals surface area contributed by atoms with Gasteiger partial charge in [-0.15, -0.1) is 0 Å². The summed E-state index contributed by atoms with van der Waals surface area (Å²) in [7, 11) is 3.29. The van der Waals surface area contributed by atoms with Crippen LogP contribution in [0, 0.1) is 0 Å². The normalized spacial score (nSPS) is 13.5. The van der Waals surface area contributed by atoms with Gasteiger partial charge in [0.25, 0.3) is 5.91 Å². The maximum absolute atomic E-state index is 12.0. The first-order chi connectivity index (χ1) is 8.60. The monoisotopic (exact) mass is 249 g/mol. The smallest absolute Gasteiger partial charge is 0.251 e. The lowest BCUT2D eigenvalue weighted by Gasteiger charge is -2.23. The molecular formula is C13H19N3O2. The van der Waals surface area contributed by atoms with Crippen molar-refractivity contribution < 1.29 is 9.59 Å². The number of carbonyl (C=O) groups is 2. The SMILES string of the molecule is CNC(=O)C(NC(=O)c1ccccc1)C(C)NC. The third-order valence-electron chi connectivity index (χ3n) is 2.81. The van der Waals surface area contributed by atoms with Gasteiger partial charge in [-0.3, -0.25) is 9.59 Å². The molecule has 2 unspecified atom stereocenters. The van der Waals surface area contributed by atoms with Gasteiger partial charge in [0.1, 0.15) is 6.04 Å². The second-order valence-corrected chi connectivity index (χ2v) is 4.01. The fourth-order valence-electron chi connectivity index (χ4n) is 1.55. The molecule has 18 heavy (non-hydrogen) atoms. The van der Waals surface area contributed by atoms with Crippen molar-refractivity contribution in [3.63, 3.8) is 0 Å². The van der Waals surface area contributed by atoms with E-state index in [1.807, 2.05) is 13.0 Å². The summed E-state index contributed by atoms with van der Waals surface area (Å²) in [5, 5.41) is 8.23. The number of rotatable bonds is 5. The number of benzene rings is 1. The molecule has 1 aromatic rings. The van der Waals surface area contributed by atoms with Gasteiger partial charge in [0, 0.05) is 18.7 Å². The summed E-state index contributed by atoms with van der Waals surface area (Å²) >= 11 is 0. The average Bonchev–Trinajstić information content (AvgIpc) is 2.43. The van der Waals surface area contributed by atoms with Crippen molar-refractivity contribution in [2.75, 3.05) is 14.1 Å². The Morgan fingerprint density at radius 3 is 2.22 bits per heavy atom. The van der Waals surface area contributed by atoms with Crippen LogP contribution in [0.25, 0.3) is 0 Å². The van der Waals surface area contributed by atoms with Gasteiger partial charge in [-0.1, -0.05) is 18.2 Å². The van der Waals surface area contributed by atoms with E-state index in [2.05, 4.69) is 16.0 Å². The minimum Gasteiger partial charge on any atom is -0.357 e. The first-order valence-corrected chi connectivity index (χ1v) is 5.85. The van der Waals surface area contributed by atoms with E-state index >= 15 is 0 Å². The number of carbonyl (C=O) groups excluding carboxylic acids is 2. The largest absolute Gasteiger partial charge is 0.357 e. The quantitative estimate of drug-likeness (QED) is 0.695. The molecule has 5 nitrogen and oxygen atoms in total. The summed E-state index contributed by atoms with van der Waals surface area (Å²) < 4.78 is 0. The highest BCUT2D eigenvalue weighted by Gasteiger charge is 2.25. The predicted octanol–water partition coefficient (Wildman–Crippen LogP) is 0.139. The first-order valence-electron chi connectivity index (χ1n) is 5.85. The molecule has 3 N–H and O–H groups in total. The molecule has 0 spiro atoms. The fraction of sp³-hybridized carbons (Fsp3) is 0.385. The number of hydrogen-bond acceptors (Lipinski definition) is 3. The molecule has 0 saturated carbocycles. The number of amides is 2. The Bertz CT molecular complexity index is 406. The Labute approximate surface area is 107 Å². The molecule has 5 heteroatoms. The van der Waals surface area contributed by atoms with E-state index in [1.165, 1.54) is 0 Å². The van der Waals surface area contributed by atoms with Crippen LogP contribution in [0.15, 0.2) is 30.3 Å². The van der Waals surface area contributed by atoms with Crippen molar-refractivity contribution >= 4 is 11.8 Å². The zero-order valence-corrected chi connectivity index (χ0v) is 10.9. The maximum atomic E-state index is 12.0. The minimum atomic E-state index is -0.604. The molecule has 0 bridgehead atoms. The zero-order chi connectivity index (χ0) is 13.5. The number of likely N-dealkylation sites (N-methyl/N-ethyl adjacent to an activating group) is 2. The lowest BCUT2D eigenvalue weighted by molar-refractivity contribution is -0.123. The molecule has 0 aliphatic rings. The van der Waals surface area contributed by atoms with Crippen molar-refractivity contribution in [2.24, 2.45) is 0 Å². The van der Waals surface area contributed by atoms with Gasteiger partial charge in [-0.25, -0.2) is 0 Å². The molecule has 0 aliphatic heterocycles. The fourth-order valence-corrected chi connectivity index (χ4v) is 1.55. The van der Waals surface area contributed by atoms with Crippen LogP contribution in [0.2, 0.25) is 0 Å². The van der Waals surface area contributed by atoms with Crippen molar-refractivity contribution in [1.29, 1.82) is 0 Å². The summed E-state index contributed by atoms with van der Waals surface area (Å²) in [4.78, 5) is 23.7. The van der Waals surface area contributed by atoms with Crippen LogP contribution in [0.4, 0.5) is 0 Å². The van der Waals surface area contributed by atoms with Gasteiger partial charge in [0.2, 0.25) is 5.91 Å². The van der Waals surface area contributed by atoms with Crippen molar-refractivity contribution in [3.8, 4) is 0 Å². The Kier molecular flexibility index (Phi) is 5.32. The molecule has 0 fully saturated rings. The Balaban J connectivity index is 2.78. The lowest BCUT2D eigenvalue weighted by atomic mass is 10.1. The van der Waals surface area contributed by atoms with E-state index < -0.39 is 6.04 Å². The highest BCUT2D eigenvalue weighted by atomic mass is 16.2. The van der Waals surface area contributed by atoms with Gasteiger partial charge < -0.3 is 16.0 Å². The topological polar surface area (TPSA) is 70.2 Å². The number of nitrogens with one attached hydrogen (secondary N) is 3. The van der Waals surface area contributed by atoms with Gasteiger partial charge >= 0.3 is 0 Å². The Morgan fingerprint density at radius 1 is 1.11 bits per heavy atom. The molecule has 0 saturated heterocycles. The molecule has 2 atom stereocenters. The maximum Gasteiger partial charge on any atom is 0.251 e. The lowest BCUT2D eigenvalue weighted by Crippen LogP contribution is -2.55. The first kappa shape index (κ1) is 14.2. The molecule has 2 amide bonds. The molecule has 0 aliphatic carbocycles. The van der Waals surface area contributed by atoms with Gasteiger partial charge in [0.15, 0.2) is 0 Å². The van der Waals surface area contributed by atoms with E-state index in [-0.39, 0.29) is 17.9 Å². The third kappa shape index (κ3) is 3.56. The van der Waals surface area contributed by atoms with E-state index in [0.717, 1.165) is 0 Å². The summed E-state index contributed by atoms with van der Waals surface area (Å²) in [5.74, 6) is -0.479. The molecule has 0 heterocycles. The van der Waals surface area contributed by atoms with Crippen LogP contribution < -0.4 is 16.0 Å². The molecule has 1 rings (SSSR count). The van der Waals surface area contributed by atoms with E-state index in [1.54, 1.807) is 38.4 Å². The van der Waals surface area contributed by atoms with Crippen LogP contribution in [0.1, 0.15) is 17.3 Å². The average molecular weight is 249 g/mol. The summed E-state index contributed by atoms with van der Waals surface area (Å²) in [6.07, 6.45) is 0. The third-order valence-corrected chi connectivity index (χ3v) is 2.81. The predicted molar refractivity (Wildman–Crippen MR) is 70.3 cm³/mol.